The molecule has 27 heavy (non-hydrogen) atoms. The topological polar surface area (TPSA) is 74.6 Å². The second-order valence-corrected chi connectivity index (χ2v) is 6.54. The van der Waals surface area contributed by atoms with Crippen LogP contribution in [0.1, 0.15) is 17.5 Å². The summed E-state index contributed by atoms with van der Waals surface area (Å²) in [7, 11) is 1.50. The number of nitrogens with zero attached hydrogens (tertiary/aromatic N) is 2. The van der Waals surface area contributed by atoms with Gasteiger partial charge in [-0.25, -0.2) is 0 Å². The van der Waals surface area contributed by atoms with E-state index < -0.39 is 0 Å². The number of hydrogen-bond acceptors (Lipinski definition) is 5. The summed E-state index contributed by atoms with van der Waals surface area (Å²) in [6, 6.07) is 17.4. The number of benzene rings is 2. The Morgan fingerprint density at radius 3 is 2.81 bits per heavy atom. The van der Waals surface area contributed by atoms with Crippen molar-refractivity contribution in [2.24, 2.45) is 0 Å². The van der Waals surface area contributed by atoms with Crippen LogP contribution in [0.2, 0.25) is 0 Å². The Labute approximate surface area is 159 Å². The monoisotopic (exact) mass is 365 g/mol. The first kappa shape index (κ1) is 18.7. The van der Waals surface area contributed by atoms with Crippen molar-refractivity contribution in [2.45, 2.75) is 19.0 Å². The van der Waals surface area contributed by atoms with Crippen LogP contribution in [0, 0.1) is 11.3 Å². The molecule has 2 aromatic carbocycles. The van der Waals surface area contributed by atoms with Gasteiger partial charge in [0.05, 0.1) is 18.7 Å². The average molecular weight is 365 g/mol. The van der Waals surface area contributed by atoms with Gasteiger partial charge >= 0.3 is 0 Å². The van der Waals surface area contributed by atoms with Gasteiger partial charge in [0, 0.05) is 31.7 Å². The first-order chi connectivity index (χ1) is 13.2. The molecule has 6 heteroatoms. The highest BCUT2D eigenvalue weighted by atomic mass is 16.5. The standard InChI is InChI=1S/C21H23N3O3/c1-26-20-11-17(12-22)7-8-19(20)27-15-21(25)23-18-9-10-24(14-18)13-16-5-3-2-4-6-16/h2-8,11,18H,9-10,13-15H2,1H3,(H,23,25). The lowest BCUT2D eigenvalue weighted by molar-refractivity contribution is -0.123. The van der Waals surface area contributed by atoms with Gasteiger partial charge in [0.25, 0.3) is 5.91 Å². The number of hydrogen-bond donors (Lipinski definition) is 1. The molecule has 3 rings (SSSR count). The summed E-state index contributed by atoms with van der Waals surface area (Å²) < 4.78 is 10.8. The van der Waals surface area contributed by atoms with Crippen molar-refractivity contribution in [1.29, 1.82) is 5.26 Å². The van der Waals surface area contributed by atoms with Crippen LogP contribution in [-0.2, 0) is 11.3 Å². The summed E-state index contributed by atoms with van der Waals surface area (Å²) >= 11 is 0. The molecule has 1 amide bonds. The molecule has 2 aromatic rings. The van der Waals surface area contributed by atoms with Crippen molar-refractivity contribution in [2.75, 3.05) is 26.8 Å². The van der Waals surface area contributed by atoms with Gasteiger partial charge in [0.1, 0.15) is 0 Å². The molecule has 1 fully saturated rings. The van der Waals surface area contributed by atoms with Crippen LogP contribution in [0.4, 0.5) is 0 Å². The average Bonchev–Trinajstić information content (AvgIpc) is 3.13. The third-order valence-corrected chi connectivity index (χ3v) is 4.54. The van der Waals surface area contributed by atoms with Crippen LogP contribution in [-0.4, -0.2) is 43.7 Å². The zero-order valence-electron chi connectivity index (χ0n) is 15.4. The van der Waals surface area contributed by atoms with E-state index in [9.17, 15) is 4.79 Å². The van der Waals surface area contributed by atoms with Gasteiger partial charge in [-0.3, -0.25) is 9.69 Å². The minimum absolute atomic E-state index is 0.0859. The minimum atomic E-state index is -0.159. The fraction of sp³-hybridized carbons (Fsp3) is 0.333. The normalized spacial score (nSPS) is 16.5. The van der Waals surface area contributed by atoms with Gasteiger partial charge in [-0.05, 0) is 24.1 Å². The first-order valence-corrected chi connectivity index (χ1v) is 8.94. The molecule has 6 nitrogen and oxygen atoms in total. The number of nitrogens with one attached hydrogen (secondary N) is 1. The summed E-state index contributed by atoms with van der Waals surface area (Å²) in [5.74, 6) is 0.730. The fourth-order valence-electron chi connectivity index (χ4n) is 3.20. The Morgan fingerprint density at radius 1 is 1.26 bits per heavy atom. The van der Waals surface area contributed by atoms with Crippen LogP contribution in [0.15, 0.2) is 48.5 Å². The van der Waals surface area contributed by atoms with Gasteiger partial charge in [-0.15, -0.1) is 0 Å². The molecule has 140 valence electrons. The Hall–Kier alpha value is -3.04. The highest BCUT2D eigenvalue weighted by Gasteiger charge is 2.24. The molecule has 1 atom stereocenters. The third kappa shape index (κ3) is 5.22. The van der Waals surface area contributed by atoms with Crippen LogP contribution in [0.25, 0.3) is 0 Å². The largest absolute Gasteiger partial charge is 0.493 e. The predicted molar refractivity (Wildman–Crippen MR) is 101 cm³/mol. The highest BCUT2D eigenvalue weighted by molar-refractivity contribution is 5.78. The molecule has 0 aliphatic carbocycles. The van der Waals surface area contributed by atoms with E-state index in [4.69, 9.17) is 14.7 Å². The number of carbonyl (C=O) groups is 1. The molecule has 1 aliphatic rings. The zero-order chi connectivity index (χ0) is 19.1. The molecule has 1 aliphatic heterocycles. The Morgan fingerprint density at radius 2 is 2.07 bits per heavy atom. The van der Waals surface area contributed by atoms with Gasteiger partial charge in [-0.2, -0.15) is 5.26 Å². The summed E-state index contributed by atoms with van der Waals surface area (Å²) in [5, 5.41) is 12.0. The number of rotatable bonds is 7. The smallest absolute Gasteiger partial charge is 0.258 e. The Balaban J connectivity index is 1.46. The van der Waals surface area contributed by atoms with E-state index in [1.807, 2.05) is 24.3 Å². The fourth-order valence-corrected chi connectivity index (χ4v) is 3.20. The van der Waals surface area contributed by atoms with Crippen molar-refractivity contribution in [3.63, 3.8) is 0 Å². The summed E-state index contributed by atoms with van der Waals surface area (Å²) in [6.07, 6.45) is 0.929. The van der Waals surface area contributed by atoms with Crippen LogP contribution < -0.4 is 14.8 Å². The molecule has 1 N–H and O–H groups in total. The molecule has 1 heterocycles. The molecule has 0 radical (unpaired) electrons. The maximum absolute atomic E-state index is 12.2. The van der Waals surface area contributed by atoms with E-state index in [1.54, 1.807) is 18.2 Å². The molecule has 0 bridgehead atoms. The van der Waals surface area contributed by atoms with E-state index >= 15 is 0 Å². The molecular formula is C21H23N3O3. The van der Waals surface area contributed by atoms with E-state index in [2.05, 4.69) is 22.3 Å². The van der Waals surface area contributed by atoms with E-state index in [0.717, 1.165) is 26.1 Å². The number of ether oxygens (including phenoxy) is 2. The maximum atomic E-state index is 12.2. The van der Waals surface area contributed by atoms with E-state index in [1.165, 1.54) is 12.7 Å². The number of methoxy groups -OCH3 is 1. The molecule has 1 saturated heterocycles. The number of likely N-dealkylation sites (tertiary alicyclic amines) is 1. The van der Waals surface area contributed by atoms with Crippen molar-refractivity contribution >= 4 is 5.91 Å². The Bertz CT molecular complexity index is 817. The first-order valence-electron chi connectivity index (χ1n) is 8.94. The Kier molecular flexibility index (Phi) is 6.29. The number of nitriles is 1. The zero-order valence-corrected chi connectivity index (χ0v) is 15.4. The van der Waals surface area contributed by atoms with Crippen LogP contribution in [0.3, 0.4) is 0 Å². The molecule has 0 aromatic heterocycles. The summed E-state index contributed by atoms with van der Waals surface area (Å²) in [6.45, 7) is 2.61. The minimum Gasteiger partial charge on any atom is -0.493 e. The molecule has 0 spiro atoms. The number of amides is 1. The lowest BCUT2D eigenvalue weighted by atomic mass is 10.2. The number of carbonyl (C=O) groups excluding carboxylic acids is 1. The molecule has 0 saturated carbocycles. The maximum Gasteiger partial charge on any atom is 0.258 e. The van der Waals surface area contributed by atoms with Crippen molar-refractivity contribution < 1.29 is 14.3 Å². The predicted octanol–water partition coefficient (Wildman–Crippen LogP) is 2.34. The van der Waals surface area contributed by atoms with E-state index in [-0.39, 0.29) is 18.6 Å². The third-order valence-electron chi connectivity index (χ3n) is 4.54. The van der Waals surface area contributed by atoms with Gasteiger partial charge in [0.2, 0.25) is 0 Å². The SMILES string of the molecule is COc1cc(C#N)ccc1OCC(=O)NC1CCN(Cc2ccccc2)C1. The van der Waals surface area contributed by atoms with Crippen molar-refractivity contribution in [3.8, 4) is 17.6 Å². The van der Waals surface area contributed by atoms with Gasteiger partial charge < -0.3 is 14.8 Å². The van der Waals surface area contributed by atoms with Crippen molar-refractivity contribution in [1.82, 2.24) is 10.2 Å². The van der Waals surface area contributed by atoms with Crippen molar-refractivity contribution in [3.05, 3.63) is 59.7 Å². The van der Waals surface area contributed by atoms with Crippen LogP contribution >= 0.6 is 0 Å². The summed E-state index contributed by atoms with van der Waals surface area (Å²) in [5.41, 5.74) is 1.76. The molecule has 1 unspecified atom stereocenters. The quantitative estimate of drug-likeness (QED) is 0.815. The molecular weight excluding hydrogens is 342 g/mol. The highest BCUT2D eigenvalue weighted by Crippen LogP contribution is 2.27. The van der Waals surface area contributed by atoms with Gasteiger partial charge in [-0.1, -0.05) is 30.3 Å². The second kappa shape index (κ2) is 9.06. The van der Waals surface area contributed by atoms with Gasteiger partial charge in [0.15, 0.2) is 18.1 Å². The van der Waals surface area contributed by atoms with Crippen LogP contribution in [0.5, 0.6) is 11.5 Å². The lowest BCUT2D eigenvalue weighted by Crippen LogP contribution is -2.39. The summed E-state index contributed by atoms with van der Waals surface area (Å²) in [4.78, 5) is 14.6. The lowest BCUT2D eigenvalue weighted by Gasteiger charge is -2.17. The second-order valence-electron chi connectivity index (χ2n) is 6.54. The van der Waals surface area contributed by atoms with E-state index in [0.29, 0.717) is 17.1 Å².